The smallest absolute Gasteiger partial charge is 0.0695 e. The first-order chi connectivity index (χ1) is 9.24. The van der Waals surface area contributed by atoms with Gasteiger partial charge >= 0.3 is 0 Å². The van der Waals surface area contributed by atoms with Gasteiger partial charge in [0, 0.05) is 25.2 Å². The number of rotatable bonds is 2. The first kappa shape index (κ1) is 13.8. The number of aliphatic hydroxyl groups is 1. The molecule has 3 heteroatoms. The van der Waals surface area contributed by atoms with Crippen LogP contribution in [0, 0.1) is 5.92 Å². The molecule has 0 amide bonds. The van der Waals surface area contributed by atoms with E-state index in [1.165, 1.54) is 64.7 Å². The topological polar surface area (TPSA) is 26.7 Å². The van der Waals surface area contributed by atoms with E-state index in [1.54, 1.807) is 0 Å². The summed E-state index contributed by atoms with van der Waals surface area (Å²) in [4.78, 5) is 5.31. The second-order valence-electron chi connectivity index (χ2n) is 7.09. The molecule has 110 valence electrons. The minimum absolute atomic E-state index is 0.0729. The largest absolute Gasteiger partial charge is 0.391 e. The van der Waals surface area contributed by atoms with Crippen LogP contribution in [0.1, 0.15) is 51.9 Å². The van der Waals surface area contributed by atoms with Gasteiger partial charge in [0.2, 0.25) is 0 Å². The lowest BCUT2D eigenvalue weighted by atomic mass is 9.84. The Bertz CT molecular complexity index is 290. The summed E-state index contributed by atoms with van der Waals surface area (Å²) in [7, 11) is 0. The van der Waals surface area contributed by atoms with Crippen LogP contribution in [0.5, 0.6) is 0 Å². The van der Waals surface area contributed by atoms with Crippen LogP contribution in [0.25, 0.3) is 0 Å². The fraction of sp³-hybridized carbons (Fsp3) is 1.00. The fourth-order valence-electron chi connectivity index (χ4n) is 4.38. The van der Waals surface area contributed by atoms with Crippen molar-refractivity contribution < 1.29 is 5.11 Å². The molecule has 2 heterocycles. The highest BCUT2D eigenvalue weighted by Crippen LogP contribution is 2.31. The molecule has 0 spiro atoms. The minimum Gasteiger partial charge on any atom is -0.391 e. The third kappa shape index (κ3) is 3.14. The number of aliphatic hydroxyl groups excluding tert-OH is 1. The van der Waals surface area contributed by atoms with Crippen LogP contribution in [-0.4, -0.2) is 59.3 Å². The minimum atomic E-state index is -0.0729. The summed E-state index contributed by atoms with van der Waals surface area (Å²) in [6.45, 7) is 7.37. The summed E-state index contributed by atoms with van der Waals surface area (Å²) < 4.78 is 0. The van der Waals surface area contributed by atoms with Crippen molar-refractivity contribution in [2.75, 3.05) is 26.2 Å². The van der Waals surface area contributed by atoms with Gasteiger partial charge in [-0.1, -0.05) is 13.3 Å². The van der Waals surface area contributed by atoms with Gasteiger partial charge in [-0.25, -0.2) is 0 Å². The Balaban J connectivity index is 1.55. The molecule has 3 nitrogen and oxygen atoms in total. The van der Waals surface area contributed by atoms with E-state index in [1.807, 2.05) is 0 Å². The Labute approximate surface area is 118 Å². The average Bonchev–Trinajstić information content (AvgIpc) is 2.92. The molecule has 2 aliphatic heterocycles. The van der Waals surface area contributed by atoms with Gasteiger partial charge in [0.05, 0.1) is 6.10 Å². The van der Waals surface area contributed by atoms with Crippen molar-refractivity contribution in [3.8, 4) is 0 Å². The van der Waals surface area contributed by atoms with E-state index in [0.29, 0.717) is 6.04 Å². The molecule has 0 bridgehead atoms. The van der Waals surface area contributed by atoms with Crippen molar-refractivity contribution in [1.82, 2.24) is 9.80 Å². The van der Waals surface area contributed by atoms with Gasteiger partial charge in [-0.2, -0.15) is 0 Å². The Morgan fingerprint density at radius 2 is 1.68 bits per heavy atom. The predicted molar refractivity (Wildman–Crippen MR) is 78.2 cm³/mol. The Morgan fingerprint density at radius 1 is 0.895 bits per heavy atom. The molecule has 1 aliphatic carbocycles. The fourth-order valence-corrected chi connectivity index (χ4v) is 4.38. The van der Waals surface area contributed by atoms with E-state index in [-0.39, 0.29) is 6.10 Å². The van der Waals surface area contributed by atoms with E-state index in [9.17, 15) is 5.11 Å². The molecule has 19 heavy (non-hydrogen) atoms. The molecule has 3 aliphatic rings. The molecule has 1 N–H and O–H groups in total. The number of hydrogen-bond donors (Lipinski definition) is 1. The lowest BCUT2D eigenvalue weighted by Gasteiger charge is -2.39. The van der Waals surface area contributed by atoms with Crippen LogP contribution in [0.4, 0.5) is 0 Å². The van der Waals surface area contributed by atoms with Gasteiger partial charge < -0.3 is 5.11 Å². The van der Waals surface area contributed by atoms with Crippen molar-refractivity contribution in [3.63, 3.8) is 0 Å². The summed E-state index contributed by atoms with van der Waals surface area (Å²) >= 11 is 0. The Morgan fingerprint density at radius 3 is 2.47 bits per heavy atom. The van der Waals surface area contributed by atoms with E-state index < -0.39 is 0 Å². The van der Waals surface area contributed by atoms with Crippen LogP contribution >= 0.6 is 0 Å². The number of piperidine rings is 1. The molecular formula is C16H30N2O. The molecular weight excluding hydrogens is 236 g/mol. The maximum Gasteiger partial charge on any atom is 0.0695 e. The SMILES string of the molecule is CC1CCC(O)C(N2CCC(N3CCCCC3)C2)C1. The molecule has 4 unspecified atom stereocenters. The number of hydrogen-bond acceptors (Lipinski definition) is 3. The molecule has 2 saturated heterocycles. The van der Waals surface area contributed by atoms with Gasteiger partial charge in [0.15, 0.2) is 0 Å². The van der Waals surface area contributed by atoms with Crippen molar-refractivity contribution in [1.29, 1.82) is 0 Å². The zero-order chi connectivity index (χ0) is 13.2. The summed E-state index contributed by atoms with van der Waals surface area (Å²) in [5.41, 5.74) is 0. The van der Waals surface area contributed by atoms with Gasteiger partial charge in [-0.3, -0.25) is 9.80 Å². The predicted octanol–water partition coefficient (Wildman–Crippen LogP) is 2.10. The maximum absolute atomic E-state index is 10.3. The highest BCUT2D eigenvalue weighted by molar-refractivity contribution is 4.92. The van der Waals surface area contributed by atoms with Crippen molar-refractivity contribution in [2.45, 2.75) is 70.1 Å². The second kappa shape index (κ2) is 6.11. The molecule has 1 saturated carbocycles. The number of nitrogens with zero attached hydrogens (tertiary/aromatic N) is 2. The third-order valence-electron chi connectivity index (χ3n) is 5.61. The monoisotopic (exact) mass is 266 g/mol. The Kier molecular flexibility index (Phi) is 4.45. The Hall–Kier alpha value is -0.120. The molecule has 0 radical (unpaired) electrons. The van der Waals surface area contributed by atoms with Gasteiger partial charge in [0.1, 0.15) is 0 Å². The number of likely N-dealkylation sites (tertiary alicyclic amines) is 2. The van der Waals surface area contributed by atoms with Gasteiger partial charge in [-0.05, 0) is 57.5 Å². The van der Waals surface area contributed by atoms with E-state index in [2.05, 4.69) is 16.7 Å². The summed E-state index contributed by atoms with van der Waals surface area (Å²) in [6.07, 6.45) is 8.87. The van der Waals surface area contributed by atoms with Crippen LogP contribution in [0.2, 0.25) is 0 Å². The van der Waals surface area contributed by atoms with E-state index in [4.69, 9.17) is 0 Å². The molecule has 0 aromatic carbocycles. The normalized spacial score (nSPS) is 42.6. The van der Waals surface area contributed by atoms with E-state index >= 15 is 0 Å². The van der Waals surface area contributed by atoms with Crippen molar-refractivity contribution in [2.24, 2.45) is 5.92 Å². The molecule has 0 aromatic rings. The maximum atomic E-state index is 10.3. The van der Waals surface area contributed by atoms with Gasteiger partial charge in [-0.15, -0.1) is 0 Å². The van der Waals surface area contributed by atoms with Crippen LogP contribution in [-0.2, 0) is 0 Å². The molecule has 3 fully saturated rings. The summed E-state index contributed by atoms with van der Waals surface area (Å²) in [6, 6.07) is 1.21. The van der Waals surface area contributed by atoms with E-state index in [0.717, 1.165) is 18.4 Å². The summed E-state index contributed by atoms with van der Waals surface area (Å²) in [5, 5.41) is 10.3. The van der Waals surface area contributed by atoms with Crippen LogP contribution in [0.3, 0.4) is 0 Å². The summed E-state index contributed by atoms with van der Waals surface area (Å²) in [5.74, 6) is 0.794. The molecule has 4 atom stereocenters. The zero-order valence-electron chi connectivity index (χ0n) is 12.4. The van der Waals surface area contributed by atoms with Crippen LogP contribution < -0.4 is 0 Å². The van der Waals surface area contributed by atoms with Gasteiger partial charge in [0.25, 0.3) is 0 Å². The quantitative estimate of drug-likeness (QED) is 0.829. The average molecular weight is 266 g/mol. The van der Waals surface area contributed by atoms with Crippen LogP contribution in [0.15, 0.2) is 0 Å². The third-order valence-corrected chi connectivity index (χ3v) is 5.61. The lowest BCUT2D eigenvalue weighted by Crippen LogP contribution is -2.48. The van der Waals surface area contributed by atoms with Crippen molar-refractivity contribution >= 4 is 0 Å². The molecule has 3 rings (SSSR count). The first-order valence-corrected chi connectivity index (χ1v) is 8.40. The van der Waals surface area contributed by atoms with Crippen molar-refractivity contribution in [3.05, 3.63) is 0 Å². The molecule has 0 aromatic heterocycles. The first-order valence-electron chi connectivity index (χ1n) is 8.40. The highest BCUT2D eigenvalue weighted by atomic mass is 16.3. The second-order valence-corrected chi connectivity index (χ2v) is 7.09. The lowest BCUT2D eigenvalue weighted by molar-refractivity contribution is 0.0123. The standard InChI is InChI=1S/C16H30N2O/c1-13-5-6-16(19)15(11-13)18-10-7-14(12-18)17-8-3-2-4-9-17/h13-16,19H,2-12H2,1H3. The highest BCUT2D eigenvalue weighted by Gasteiger charge is 2.37. The zero-order valence-corrected chi connectivity index (χ0v) is 12.4.